The summed E-state index contributed by atoms with van der Waals surface area (Å²) in [5, 5.41) is 0. The molecule has 2 aromatic rings. The molecule has 0 radical (unpaired) electrons. The fraction of sp³-hybridized carbons (Fsp3) is 0.125. The Balaban J connectivity index is 1.75. The third-order valence-corrected chi connectivity index (χ3v) is 3.28. The van der Waals surface area contributed by atoms with Crippen LogP contribution in [0.1, 0.15) is 18.0 Å². The van der Waals surface area contributed by atoms with Crippen molar-refractivity contribution >= 4 is 12.0 Å². The minimum absolute atomic E-state index is 0.209. The summed E-state index contributed by atoms with van der Waals surface area (Å²) in [5.74, 6) is 0.226. The molecule has 0 unspecified atom stereocenters. The van der Waals surface area contributed by atoms with Crippen molar-refractivity contribution in [3.05, 3.63) is 66.2 Å². The first kappa shape index (κ1) is 12.4. The molecule has 1 aliphatic rings. The molecule has 1 aliphatic heterocycles. The summed E-state index contributed by atoms with van der Waals surface area (Å²) in [6.45, 7) is 0. The van der Waals surface area contributed by atoms with E-state index in [0.717, 1.165) is 5.56 Å². The zero-order chi connectivity index (χ0) is 13.9. The van der Waals surface area contributed by atoms with Crippen molar-refractivity contribution in [1.82, 2.24) is 4.90 Å². The molecule has 1 fully saturated rings. The molecule has 0 spiro atoms. The lowest BCUT2D eigenvalue weighted by molar-refractivity contribution is -0.142. The van der Waals surface area contributed by atoms with E-state index in [1.807, 2.05) is 36.4 Å². The summed E-state index contributed by atoms with van der Waals surface area (Å²) >= 11 is 0. The molecule has 0 N–H and O–H groups in total. The van der Waals surface area contributed by atoms with Crippen molar-refractivity contribution in [3.8, 4) is 5.75 Å². The monoisotopic (exact) mass is 267 g/mol. The molecule has 0 bridgehead atoms. The molecule has 1 saturated heterocycles. The Morgan fingerprint density at radius 3 is 2.20 bits per heavy atom. The van der Waals surface area contributed by atoms with Crippen molar-refractivity contribution in [2.75, 3.05) is 0 Å². The van der Waals surface area contributed by atoms with E-state index in [1.54, 1.807) is 24.3 Å². The van der Waals surface area contributed by atoms with E-state index >= 15 is 0 Å². The predicted molar refractivity (Wildman–Crippen MR) is 73.1 cm³/mol. The Bertz CT molecular complexity index is 625. The van der Waals surface area contributed by atoms with Gasteiger partial charge < -0.3 is 4.74 Å². The van der Waals surface area contributed by atoms with Crippen LogP contribution in [0.3, 0.4) is 0 Å². The number of nitrogens with zero attached hydrogens (tertiary/aromatic N) is 1. The summed E-state index contributed by atoms with van der Waals surface area (Å²) in [6.07, 6.45) is -0.283. The summed E-state index contributed by atoms with van der Waals surface area (Å²) < 4.78 is 5.21. The molecule has 20 heavy (non-hydrogen) atoms. The van der Waals surface area contributed by atoms with E-state index in [2.05, 4.69) is 0 Å². The lowest BCUT2D eigenvalue weighted by atomic mass is 9.95. The highest BCUT2D eigenvalue weighted by Crippen LogP contribution is 2.34. The quantitative estimate of drug-likeness (QED) is 0.785. The van der Waals surface area contributed by atoms with Crippen LogP contribution < -0.4 is 4.74 Å². The number of imide groups is 1. The summed E-state index contributed by atoms with van der Waals surface area (Å²) in [7, 11) is 0. The minimum atomic E-state index is -0.624. The number of carbonyl (C=O) groups excluding carboxylic acids is 2. The standard InChI is InChI=1S/C16H13NO3/c18-15-11-14(12-7-3-1-4-8-12)17(15)16(19)20-13-9-5-2-6-10-13/h1-10,14H,11H2/t14-/m1/s1. The van der Waals surface area contributed by atoms with Crippen molar-refractivity contribution in [2.45, 2.75) is 12.5 Å². The number of ether oxygens (including phenoxy) is 1. The lowest BCUT2D eigenvalue weighted by Crippen LogP contribution is -2.51. The van der Waals surface area contributed by atoms with Crippen molar-refractivity contribution in [3.63, 3.8) is 0 Å². The Kier molecular flexibility index (Phi) is 3.21. The van der Waals surface area contributed by atoms with Crippen LogP contribution in [-0.4, -0.2) is 16.9 Å². The van der Waals surface area contributed by atoms with Gasteiger partial charge in [0, 0.05) is 0 Å². The minimum Gasteiger partial charge on any atom is -0.410 e. The summed E-state index contributed by atoms with van der Waals surface area (Å²) in [6, 6.07) is 18.0. The van der Waals surface area contributed by atoms with Crippen LogP contribution in [0.25, 0.3) is 0 Å². The average molecular weight is 267 g/mol. The van der Waals surface area contributed by atoms with E-state index < -0.39 is 6.09 Å². The first-order chi connectivity index (χ1) is 9.75. The smallest absolute Gasteiger partial charge is 0.410 e. The molecule has 0 aliphatic carbocycles. The van der Waals surface area contributed by atoms with Crippen molar-refractivity contribution in [1.29, 1.82) is 0 Å². The number of carbonyl (C=O) groups is 2. The van der Waals surface area contributed by atoms with Crippen molar-refractivity contribution in [2.24, 2.45) is 0 Å². The molecule has 4 heteroatoms. The average Bonchev–Trinajstić information content (AvgIpc) is 2.46. The topological polar surface area (TPSA) is 46.6 Å². The van der Waals surface area contributed by atoms with Gasteiger partial charge in [0.05, 0.1) is 12.5 Å². The zero-order valence-corrected chi connectivity index (χ0v) is 10.7. The third kappa shape index (κ3) is 2.28. The highest BCUT2D eigenvalue weighted by atomic mass is 16.6. The highest BCUT2D eigenvalue weighted by molar-refractivity contribution is 5.98. The van der Waals surface area contributed by atoms with Gasteiger partial charge in [0.1, 0.15) is 5.75 Å². The number of rotatable bonds is 2. The van der Waals surface area contributed by atoms with Crippen LogP contribution in [-0.2, 0) is 4.79 Å². The Hall–Kier alpha value is -2.62. The van der Waals surface area contributed by atoms with Gasteiger partial charge >= 0.3 is 6.09 Å². The van der Waals surface area contributed by atoms with Gasteiger partial charge in [0.15, 0.2) is 0 Å². The second-order valence-corrected chi connectivity index (χ2v) is 4.58. The van der Waals surface area contributed by atoms with Gasteiger partial charge in [-0.25, -0.2) is 9.69 Å². The maximum Gasteiger partial charge on any atom is 0.422 e. The van der Waals surface area contributed by atoms with E-state index in [4.69, 9.17) is 4.74 Å². The second kappa shape index (κ2) is 5.17. The number of hydrogen-bond donors (Lipinski definition) is 0. The Labute approximate surface area is 116 Å². The first-order valence-corrected chi connectivity index (χ1v) is 6.39. The van der Waals surface area contributed by atoms with Gasteiger partial charge in [-0.3, -0.25) is 4.79 Å². The molecule has 3 rings (SSSR count). The largest absolute Gasteiger partial charge is 0.422 e. The van der Waals surface area contributed by atoms with Gasteiger partial charge in [0.25, 0.3) is 0 Å². The summed E-state index contributed by atoms with van der Waals surface area (Å²) in [4.78, 5) is 24.9. The molecular formula is C16H13NO3. The molecule has 1 heterocycles. The van der Waals surface area contributed by atoms with Gasteiger partial charge in [0.2, 0.25) is 5.91 Å². The fourth-order valence-electron chi connectivity index (χ4n) is 2.23. The number of amides is 2. The maximum absolute atomic E-state index is 12.1. The molecule has 0 saturated carbocycles. The van der Waals surface area contributed by atoms with E-state index in [1.165, 1.54) is 4.90 Å². The SMILES string of the molecule is O=C1C[C@H](c2ccccc2)N1C(=O)Oc1ccccc1. The van der Waals surface area contributed by atoms with Gasteiger partial charge in [-0.2, -0.15) is 0 Å². The van der Waals surface area contributed by atoms with Crippen LogP contribution in [0.2, 0.25) is 0 Å². The summed E-state index contributed by atoms with van der Waals surface area (Å²) in [5.41, 5.74) is 0.942. The van der Waals surface area contributed by atoms with E-state index in [0.29, 0.717) is 12.2 Å². The van der Waals surface area contributed by atoms with Crippen LogP contribution in [0.5, 0.6) is 5.75 Å². The highest BCUT2D eigenvalue weighted by Gasteiger charge is 2.42. The van der Waals surface area contributed by atoms with E-state index in [-0.39, 0.29) is 11.9 Å². The van der Waals surface area contributed by atoms with Crippen LogP contribution in [0.4, 0.5) is 4.79 Å². The van der Waals surface area contributed by atoms with Crippen LogP contribution in [0.15, 0.2) is 60.7 Å². The molecule has 4 nitrogen and oxygen atoms in total. The molecule has 0 aromatic heterocycles. The third-order valence-electron chi connectivity index (χ3n) is 3.28. The number of β-lactam (4-membered cyclic amide) rings is 1. The van der Waals surface area contributed by atoms with Crippen LogP contribution in [0, 0.1) is 0 Å². The number of para-hydroxylation sites is 1. The van der Waals surface area contributed by atoms with Gasteiger partial charge in [-0.1, -0.05) is 48.5 Å². The Morgan fingerprint density at radius 1 is 1.00 bits per heavy atom. The van der Waals surface area contributed by atoms with E-state index in [9.17, 15) is 9.59 Å². The van der Waals surface area contributed by atoms with Crippen molar-refractivity contribution < 1.29 is 14.3 Å². The normalized spacial score (nSPS) is 17.5. The molecule has 2 aromatic carbocycles. The number of benzene rings is 2. The zero-order valence-electron chi connectivity index (χ0n) is 10.7. The molecule has 1 atom stereocenters. The van der Waals surface area contributed by atoms with Crippen LogP contribution >= 0.6 is 0 Å². The molecular weight excluding hydrogens is 254 g/mol. The fourth-order valence-corrected chi connectivity index (χ4v) is 2.23. The second-order valence-electron chi connectivity index (χ2n) is 4.58. The Morgan fingerprint density at radius 2 is 1.60 bits per heavy atom. The van der Waals surface area contributed by atoms with Gasteiger partial charge in [-0.15, -0.1) is 0 Å². The lowest BCUT2D eigenvalue weighted by Gasteiger charge is -2.37. The maximum atomic E-state index is 12.1. The molecule has 2 amide bonds. The predicted octanol–water partition coefficient (Wildman–Crippen LogP) is 3.16. The first-order valence-electron chi connectivity index (χ1n) is 6.39. The number of hydrogen-bond acceptors (Lipinski definition) is 3. The molecule has 100 valence electrons. The number of likely N-dealkylation sites (tertiary alicyclic amines) is 1. The van der Waals surface area contributed by atoms with Gasteiger partial charge in [-0.05, 0) is 17.7 Å².